The van der Waals surface area contributed by atoms with Crippen molar-refractivity contribution in [1.82, 2.24) is 15.0 Å². The van der Waals surface area contributed by atoms with Crippen molar-refractivity contribution in [3.8, 4) is 22.6 Å². The lowest BCUT2D eigenvalue weighted by Crippen LogP contribution is -2.01. The van der Waals surface area contributed by atoms with Gasteiger partial charge in [-0.2, -0.15) is 0 Å². The van der Waals surface area contributed by atoms with Crippen molar-refractivity contribution >= 4 is 11.0 Å². The molecule has 4 rings (SSSR count). The lowest BCUT2D eigenvalue weighted by Gasteiger charge is -2.05. The van der Waals surface area contributed by atoms with Gasteiger partial charge in [-0.25, -0.2) is 0 Å². The second-order valence-corrected chi connectivity index (χ2v) is 6.36. The van der Waals surface area contributed by atoms with Crippen LogP contribution in [0.25, 0.3) is 27.8 Å². The number of phenolic OH excluding ortho intramolecular Hbond substituents is 1. The smallest absolute Gasteiger partial charge is 0.143 e. The molecular weight excluding hydrogens is 326 g/mol. The molecule has 2 N–H and O–H groups in total. The van der Waals surface area contributed by atoms with E-state index in [0.29, 0.717) is 12.1 Å². The Hall–Kier alpha value is -3.18. The summed E-state index contributed by atoms with van der Waals surface area (Å²) in [4.78, 5) is 1.44. The maximum atomic E-state index is 10.2. The molecule has 0 saturated heterocycles. The Balaban J connectivity index is 1.76. The summed E-state index contributed by atoms with van der Waals surface area (Å²) in [6, 6.07) is 19.5. The molecule has 4 aromatic rings. The lowest BCUT2D eigenvalue weighted by atomic mass is 10.0. The Morgan fingerprint density at radius 1 is 0.846 bits per heavy atom. The molecule has 0 aliphatic carbocycles. The van der Waals surface area contributed by atoms with Crippen LogP contribution >= 0.6 is 0 Å². The highest BCUT2D eigenvalue weighted by Gasteiger charge is 2.11. The molecule has 0 radical (unpaired) electrons. The van der Waals surface area contributed by atoms with E-state index in [1.165, 1.54) is 10.4 Å². The van der Waals surface area contributed by atoms with Gasteiger partial charge in [-0.15, -0.1) is 15.0 Å². The number of aromatic nitrogens is 3. The van der Waals surface area contributed by atoms with Gasteiger partial charge < -0.3 is 10.2 Å². The number of aryl methyl sites for hydroxylation is 1. The van der Waals surface area contributed by atoms with E-state index in [4.69, 9.17) is 5.11 Å². The van der Waals surface area contributed by atoms with Crippen LogP contribution in [-0.2, 0) is 6.42 Å². The van der Waals surface area contributed by atoms with E-state index >= 15 is 0 Å². The Bertz CT molecular complexity index is 1070. The van der Waals surface area contributed by atoms with Gasteiger partial charge in [0.15, 0.2) is 0 Å². The topological polar surface area (TPSA) is 71.2 Å². The fourth-order valence-electron chi connectivity index (χ4n) is 2.96. The average Bonchev–Trinajstić information content (AvgIpc) is 3.07. The molecule has 0 aliphatic rings. The summed E-state index contributed by atoms with van der Waals surface area (Å²) < 4.78 is 0. The maximum absolute atomic E-state index is 10.2. The zero-order chi connectivity index (χ0) is 18.1. The SMILES string of the molecule is Cc1ccc(-c2ccc3nn(-c4cc(CCO)ccc4O)nc3c2)cc1. The van der Waals surface area contributed by atoms with Gasteiger partial charge >= 0.3 is 0 Å². The number of phenols is 1. The first-order valence-electron chi connectivity index (χ1n) is 8.51. The molecular formula is C21H19N3O2. The van der Waals surface area contributed by atoms with Crippen molar-refractivity contribution in [2.45, 2.75) is 13.3 Å². The predicted molar refractivity (Wildman–Crippen MR) is 101 cm³/mol. The quantitative estimate of drug-likeness (QED) is 0.592. The van der Waals surface area contributed by atoms with E-state index in [1.54, 1.807) is 18.2 Å². The molecule has 5 heteroatoms. The molecule has 0 fully saturated rings. The minimum absolute atomic E-state index is 0.0542. The lowest BCUT2D eigenvalue weighted by molar-refractivity contribution is 0.299. The summed E-state index contributed by atoms with van der Waals surface area (Å²) in [7, 11) is 0. The first-order valence-corrected chi connectivity index (χ1v) is 8.51. The Morgan fingerprint density at radius 2 is 1.58 bits per heavy atom. The van der Waals surface area contributed by atoms with Crippen LogP contribution in [0.4, 0.5) is 0 Å². The zero-order valence-corrected chi connectivity index (χ0v) is 14.4. The summed E-state index contributed by atoms with van der Waals surface area (Å²) >= 11 is 0. The van der Waals surface area contributed by atoms with Crippen LogP contribution in [0.5, 0.6) is 5.75 Å². The number of aromatic hydroxyl groups is 1. The van der Waals surface area contributed by atoms with Gasteiger partial charge in [0.25, 0.3) is 0 Å². The second kappa shape index (κ2) is 6.61. The highest BCUT2D eigenvalue weighted by molar-refractivity contribution is 5.81. The third-order valence-corrected chi connectivity index (χ3v) is 4.42. The summed E-state index contributed by atoms with van der Waals surface area (Å²) in [5.41, 5.74) is 6.36. The number of benzene rings is 3. The molecule has 0 saturated carbocycles. The fraction of sp³-hybridized carbons (Fsp3) is 0.143. The Kier molecular flexibility index (Phi) is 4.14. The van der Waals surface area contributed by atoms with Crippen molar-refractivity contribution in [3.05, 3.63) is 71.8 Å². The molecule has 26 heavy (non-hydrogen) atoms. The van der Waals surface area contributed by atoms with Crippen LogP contribution in [0.3, 0.4) is 0 Å². The van der Waals surface area contributed by atoms with Gasteiger partial charge in [-0.05, 0) is 54.3 Å². The largest absolute Gasteiger partial charge is 0.506 e. The number of hydrogen-bond acceptors (Lipinski definition) is 4. The van der Waals surface area contributed by atoms with Crippen molar-refractivity contribution in [2.24, 2.45) is 0 Å². The molecule has 130 valence electrons. The maximum Gasteiger partial charge on any atom is 0.143 e. The molecule has 0 spiro atoms. The fourth-order valence-corrected chi connectivity index (χ4v) is 2.96. The van der Waals surface area contributed by atoms with Crippen molar-refractivity contribution in [1.29, 1.82) is 0 Å². The third-order valence-electron chi connectivity index (χ3n) is 4.42. The minimum atomic E-state index is 0.0542. The van der Waals surface area contributed by atoms with Gasteiger partial charge in [0.05, 0.1) is 0 Å². The molecule has 0 aliphatic heterocycles. The first-order chi connectivity index (χ1) is 12.6. The first kappa shape index (κ1) is 16.3. The summed E-state index contributed by atoms with van der Waals surface area (Å²) in [5, 5.41) is 28.3. The van der Waals surface area contributed by atoms with Gasteiger partial charge in [0.1, 0.15) is 22.5 Å². The predicted octanol–water partition coefficient (Wildman–Crippen LogP) is 3.64. The van der Waals surface area contributed by atoms with E-state index in [9.17, 15) is 5.11 Å². The van der Waals surface area contributed by atoms with Crippen LogP contribution < -0.4 is 0 Å². The number of aliphatic hydroxyl groups excluding tert-OH is 1. The van der Waals surface area contributed by atoms with Crippen LogP contribution in [0.1, 0.15) is 11.1 Å². The molecule has 5 nitrogen and oxygen atoms in total. The van der Waals surface area contributed by atoms with Gasteiger partial charge in [-0.1, -0.05) is 42.0 Å². The highest BCUT2D eigenvalue weighted by Crippen LogP contribution is 2.26. The van der Waals surface area contributed by atoms with Crippen LogP contribution in [-0.4, -0.2) is 31.8 Å². The molecule has 1 aromatic heterocycles. The third kappa shape index (κ3) is 3.05. The van der Waals surface area contributed by atoms with Gasteiger partial charge in [0, 0.05) is 6.61 Å². The molecule has 1 heterocycles. The van der Waals surface area contributed by atoms with Crippen LogP contribution in [0.2, 0.25) is 0 Å². The minimum Gasteiger partial charge on any atom is -0.506 e. The number of fused-ring (bicyclic) bond motifs is 1. The second-order valence-electron chi connectivity index (χ2n) is 6.36. The van der Waals surface area contributed by atoms with E-state index < -0.39 is 0 Å². The van der Waals surface area contributed by atoms with Gasteiger partial charge in [-0.3, -0.25) is 0 Å². The summed E-state index contributed by atoms with van der Waals surface area (Å²) in [6.07, 6.45) is 0.519. The average molecular weight is 345 g/mol. The van der Waals surface area contributed by atoms with E-state index in [2.05, 4.69) is 41.4 Å². The van der Waals surface area contributed by atoms with E-state index in [-0.39, 0.29) is 12.4 Å². The van der Waals surface area contributed by atoms with Gasteiger partial charge in [0.2, 0.25) is 0 Å². The summed E-state index contributed by atoms with van der Waals surface area (Å²) in [5.74, 6) is 0.103. The molecule has 0 atom stereocenters. The monoisotopic (exact) mass is 345 g/mol. The standard InChI is InChI=1S/C21H19N3O2/c1-14-2-5-16(6-3-14)17-7-8-18-19(13-17)23-24(22-18)20-12-15(10-11-25)4-9-21(20)26/h2-9,12-13,25-26H,10-11H2,1H3. The molecule has 0 unspecified atom stereocenters. The molecule has 3 aromatic carbocycles. The normalized spacial score (nSPS) is 11.2. The number of rotatable bonds is 4. The van der Waals surface area contributed by atoms with E-state index in [1.807, 2.05) is 18.2 Å². The number of hydrogen-bond donors (Lipinski definition) is 2. The van der Waals surface area contributed by atoms with Crippen molar-refractivity contribution < 1.29 is 10.2 Å². The summed E-state index contributed by atoms with van der Waals surface area (Å²) in [6.45, 7) is 2.12. The van der Waals surface area contributed by atoms with Crippen molar-refractivity contribution in [2.75, 3.05) is 6.61 Å². The Labute approximate surface area is 151 Å². The van der Waals surface area contributed by atoms with Crippen molar-refractivity contribution in [3.63, 3.8) is 0 Å². The number of nitrogens with zero attached hydrogens (tertiary/aromatic N) is 3. The molecule has 0 amide bonds. The zero-order valence-electron chi connectivity index (χ0n) is 14.4. The van der Waals surface area contributed by atoms with Crippen LogP contribution in [0, 0.1) is 6.92 Å². The highest BCUT2D eigenvalue weighted by atomic mass is 16.3. The number of aliphatic hydroxyl groups is 1. The van der Waals surface area contributed by atoms with E-state index in [0.717, 1.165) is 27.7 Å². The Morgan fingerprint density at radius 3 is 2.35 bits per heavy atom. The van der Waals surface area contributed by atoms with Crippen LogP contribution in [0.15, 0.2) is 60.7 Å². The molecule has 0 bridgehead atoms.